The van der Waals surface area contributed by atoms with E-state index >= 15 is 0 Å². The first-order valence-corrected chi connectivity index (χ1v) is 11.4. The van der Waals surface area contributed by atoms with Crippen molar-refractivity contribution in [1.82, 2.24) is 0 Å². The first-order valence-electron chi connectivity index (χ1n) is 9.92. The van der Waals surface area contributed by atoms with Crippen molar-refractivity contribution in [2.75, 3.05) is 0 Å². The summed E-state index contributed by atoms with van der Waals surface area (Å²) in [7, 11) is -4.66. The highest BCUT2D eigenvalue weighted by atomic mass is 31.2. The average Bonchev–Trinajstić information content (AvgIpc) is 2.74. The van der Waals surface area contributed by atoms with E-state index in [2.05, 4.69) is 48.5 Å². The summed E-state index contributed by atoms with van der Waals surface area (Å²) in [4.78, 5) is 18.6. The van der Waals surface area contributed by atoms with Crippen LogP contribution in [0.25, 0.3) is 53.9 Å². The van der Waals surface area contributed by atoms with E-state index in [4.69, 9.17) is 4.52 Å². The molecule has 0 aromatic heterocycles. The third kappa shape index (κ3) is 3.13. The lowest BCUT2D eigenvalue weighted by Gasteiger charge is -2.12. The third-order valence-electron chi connectivity index (χ3n) is 5.83. The molecule has 0 aliphatic heterocycles. The molecule has 150 valence electrons. The summed E-state index contributed by atoms with van der Waals surface area (Å²) in [5, 5.41) is 10.5. The summed E-state index contributed by atoms with van der Waals surface area (Å²) in [5.74, 6) is 0.177. The molecule has 0 unspecified atom stereocenters. The van der Waals surface area contributed by atoms with Crippen LogP contribution in [0.1, 0.15) is 0 Å². The molecule has 6 rings (SSSR count). The van der Waals surface area contributed by atoms with Gasteiger partial charge in [0.1, 0.15) is 5.75 Å². The van der Waals surface area contributed by atoms with Gasteiger partial charge in [-0.2, -0.15) is 0 Å². The van der Waals surface area contributed by atoms with Crippen LogP contribution in [0.2, 0.25) is 0 Å². The van der Waals surface area contributed by atoms with Gasteiger partial charge in [0, 0.05) is 5.39 Å². The highest BCUT2D eigenvalue weighted by Gasteiger charge is 2.18. The van der Waals surface area contributed by atoms with Crippen LogP contribution in [0, 0.1) is 0 Å². The van der Waals surface area contributed by atoms with E-state index in [1.807, 2.05) is 30.3 Å². The topological polar surface area (TPSA) is 66.8 Å². The minimum atomic E-state index is -4.66. The molecule has 2 N–H and O–H groups in total. The molecule has 0 aliphatic rings. The number of phosphoric ester groups is 1. The molecule has 0 amide bonds. The molecule has 0 fully saturated rings. The van der Waals surface area contributed by atoms with Crippen LogP contribution in [0.4, 0.5) is 0 Å². The Kier molecular flexibility index (Phi) is 3.87. The number of fused-ring (bicyclic) bond motifs is 6. The zero-order valence-corrected chi connectivity index (χ0v) is 17.2. The van der Waals surface area contributed by atoms with Crippen molar-refractivity contribution in [3.63, 3.8) is 0 Å². The zero-order valence-electron chi connectivity index (χ0n) is 16.3. The second-order valence-electron chi connectivity index (χ2n) is 7.82. The highest BCUT2D eigenvalue weighted by molar-refractivity contribution is 7.46. The van der Waals surface area contributed by atoms with Gasteiger partial charge in [0.05, 0.1) is 0 Å². The van der Waals surface area contributed by atoms with Crippen LogP contribution in [0.5, 0.6) is 5.75 Å². The molecule has 0 aliphatic carbocycles. The van der Waals surface area contributed by atoms with E-state index < -0.39 is 7.82 Å². The van der Waals surface area contributed by atoms with Gasteiger partial charge in [-0.1, -0.05) is 48.5 Å². The average molecular weight is 424 g/mol. The van der Waals surface area contributed by atoms with Crippen LogP contribution >= 0.6 is 7.82 Å². The van der Waals surface area contributed by atoms with Crippen molar-refractivity contribution in [1.29, 1.82) is 0 Å². The first-order chi connectivity index (χ1) is 14.9. The minimum Gasteiger partial charge on any atom is -0.404 e. The van der Waals surface area contributed by atoms with Gasteiger partial charge >= 0.3 is 7.82 Å². The third-order valence-corrected chi connectivity index (χ3v) is 6.27. The predicted octanol–water partition coefficient (Wildman–Crippen LogP) is 6.92. The Morgan fingerprint density at radius 3 is 1.71 bits per heavy atom. The molecule has 0 atom stereocenters. The van der Waals surface area contributed by atoms with E-state index in [9.17, 15) is 14.4 Å². The summed E-state index contributed by atoms with van der Waals surface area (Å²) in [5.41, 5.74) is 0. The Morgan fingerprint density at radius 1 is 0.516 bits per heavy atom. The molecule has 31 heavy (non-hydrogen) atoms. The van der Waals surface area contributed by atoms with Crippen molar-refractivity contribution >= 4 is 61.7 Å². The highest BCUT2D eigenvalue weighted by Crippen LogP contribution is 2.42. The Balaban J connectivity index is 1.69. The standard InChI is InChI=1S/C26H17O4P/c27-31(28,29)30-26-7-3-6-18-12-19-8-9-20-13-21-10-16-4-1-2-5-17(16)11-22(21)14-23(20)24(19)15-25(18)26/h1-15H,(H2,27,28,29). The van der Waals surface area contributed by atoms with Gasteiger partial charge in [-0.05, 0) is 90.9 Å². The van der Waals surface area contributed by atoms with Gasteiger partial charge < -0.3 is 4.52 Å². The monoisotopic (exact) mass is 424 g/mol. The van der Waals surface area contributed by atoms with Gasteiger partial charge in [0.2, 0.25) is 0 Å². The summed E-state index contributed by atoms with van der Waals surface area (Å²) in [6.45, 7) is 0. The fourth-order valence-corrected chi connectivity index (χ4v) is 4.87. The Hall–Kier alpha value is -3.43. The number of rotatable bonds is 2. The molecule has 5 heteroatoms. The van der Waals surface area contributed by atoms with Crippen LogP contribution in [-0.4, -0.2) is 9.79 Å². The van der Waals surface area contributed by atoms with E-state index in [1.165, 1.54) is 16.2 Å². The number of hydrogen-bond donors (Lipinski definition) is 2. The molecule has 0 bridgehead atoms. The number of benzene rings is 6. The summed E-state index contributed by atoms with van der Waals surface area (Å²) >= 11 is 0. The maximum Gasteiger partial charge on any atom is 0.524 e. The summed E-state index contributed by atoms with van der Waals surface area (Å²) < 4.78 is 16.4. The van der Waals surface area contributed by atoms with Crippen molar-refractivity contribution < 1.29 is 18.9 Å². The van der Waals surface area contributed by atoms with Gasteiger partial charge in [0.25, 0.3) is 0 Å². The normalized spacial score (nSPS) is 12.3. The van der Waals surface area contributed by atoms with E-state index in [0.717, 1.165) is 32.3 Å². The maximum atomic E-state index is 11.4. The van der Waals surface area contributed by atoms with Crippen molar-refractivity contribution in [2.45, 2.75) is 0 Å². The molecule has 0 saturated heterocycles. The lowest BCUT2D eigenvalue weighted by molar-refractivity contribution is 0.284. The Labute approximate surface area is 177 Å². The lowest BCUT2D eigenvalue weighted by Crippen LogP contribution is -1.91. The predicted molar refractivity (Wildman–Crippen MR) is 127 cm³/mol. The fourth-order valence-electron chi connectivity index (χ4n) is 4.45. The first kappa shape index (κ1) is 18.3. The second kappa shape index (κ2) is 6.53. The maximum absolute atomic E-state index is 11.4. The molecular formula is C26H17O4P. The van der Waals surface area contributed by atoms with Crippen LogP contribution in [0.15, 0.2) is 91.0 Å². The van der Waals surface area contributed by atoms with Crippen LogP contribution in [-0.2, 0) is 4.57 Å². The fraction of sp³-hybridized carbons (Fsp3) is 0. The Morgan fingerprint density at radius 2 is 1.03 bits per heavy atom. The van der Waals surface area contributed by atoms with Crippen molar-refractivity contribution in [3.05, 3.63) is 91.0 Å². The van der Waals surface area contributed by atoms with Gasteiger partial charge in [-0.3, -0.25) is 9.79 Å². The second-order valence-corrected chi connectivity index (χ2v) is 8.98. The molecule has 0 saturated carbocycles. The molecule has 0 radical (unpaired) electrons. The van der Waals surface area contributed by atoms with E-state index in [0.29, 0.717) is 5.39 Å². The molecular weight excluding hydrogens is 407 g/mol. The molecule has 0 spiro atoms. The summed E-state index contributed by atoms with van der Waals surface area (Å²) in [6, 6.07) is 30.5. The smallest absolute Gasteiger partial charge is 0.404 e. The largest absolute Gasteiger partial charge is 0.524 e. The molecule has 4 nitrogen and oxygen atoms in total. The molecule has 6 aromatic rings. The number of hydrogen-bond acceptors (Lipinski definition) is 2. The van der Waals surface area contributed by atoms with Crippen LogP contribution in [0.3, 0.4) is 0 Å². The van der Waals surface area contributed by atoms with E-state index in [-0.39, 0.29) is 5.75 Å². The molecule has 0 heterocycles. The SMILES string of the molecule is O=P(O)(O)Oc1cccc2cc3ccc4cc5cc6ccccc6cc5cc4c3cc12. The minimum absolute atomic E-state index is 0.177. The zero-order chi connectivity index (χ0) is 21.2. The van der Waals surface area contributed by atoms with E-state index in [1.54, 1.807) is 12.1 Å². The Bertz CT molecular complexity index is 1720. The summed E-state index contributed by atoms with van der Waals surface area (Å²) in [6.07, 6.45) is 0. The van der Waals surface area contributed by atoms with Crippen LogP contribution < -0.4 is 4.52 Å². The quantitative estimate of drug-likeness (QED) is 0.180. The molecule has 6 aromatic carbocycles. The van der Waals surface area contributed by atoms with Gasteiger partial charge in [-0.15, -0.1) is 0 Å². The van der Waals surface area contributed by atoms with Gasteiger partial charge in [0.15, 0.2) is 0 Å². The lowest BCUT2D eigenvalue weighted by atomic mass is 9.94. The van der Waals surface area contributed by atoms with Gasteiger partial charge in [-0.25, -0.2) is 4.57 Å². The van der Waals surface area contributed by atoms with Crippen molar-refractivity contribution in [2.24, 2.45) is 0 Å². The van der Waals surface area contributed by atoms with Crippen molar-refractivity contribution in [3.8, 4) is 5.75 Å². The number of phosphoric acid groups is 1.